The van der Waals surface area contributed by atoms with E-state index in [-0.39, 0.29) is 11.4 Å². The van der Waals surface area contributed by atoms with Gasteiger partial charge in [0.05, 0.1) is 6.61 Å². The Balaban J connectivity index is 2.06. The molecule has 0 amide bonds. The summed E-state index contributed by atoms with van der Waals surface area (Å²) in [6, 6.07) is 7.44. The van der Waals surface area contributed by atoms with Crippen LogP contribution in [0, 0.1) is 0 Å². The zero-order chi connectivity index (χ0) is 10.7. The molecule has 1 saturated heterocycles. The van der Waals surface area contributed by atoms with Crippen LogP contribution in [0.3, 0.4) is 0 Å². The fraction of sp³-hybridized carbons (Fsp3) is 0.364. The predicted molar refractivity (Wildman–Crippen MR) is 58.9 cm³/mol. The number of hydrogen-bond acceptors (Lipinski definition) is 4. The van der Waals surface area contributed by atoms with Crippen LogP contribution in [0.15, 0.2) is 24.3 Å². The number of benzene rings is 1. The second kappa shape index (κ2) is 4.68. The van der Waals surface area contributed by atoms with E-state index < -0.39 is 0 Å². The lowest BCUT2D eigenvalue weighted by atomic mass is 10.2. The Morgan fingerprint density at radius 2 is 2.20 bits per heavy atom. The molecule has 0 aromatic heterocycles. The smallest absolute Gasteiger partial charge is 0.308 e. The van der Waals surface area contributed by atoms with Crippen molar-refractivity contribution in [1.82, 2.24) is 0 Å². The van der Waals surface area contributed by atoms with Crippen molar-refractivity contribution >= 4 is 17.7 Å². The molecule has 1 unspecified atom stereocenters. The molecule has 1 atom stereocenters. The van der Waals surface area contributed by atoms with Crippen LogP contribution >= 0.6 is 11.8 Å². The van der Waals surface area contributed by atoms with Crippen molar-refractivity contribution in [1.29, 1.82) is 0 Å². The molecule has 1 aliphatic heterocycles. The van der Waals surface area contributed by atoms with E-state index in [0.29, 0.717) is 5.75 Å². The Morgan fingerprint density at radius 3 is 2.73 bits per heavy atom. The van der Waals surface area contributed by atoms with E-state index in [9.17, 15) is 4.79 Å². The third kappa shape index (κ3) is 2.73. The number of rotatable bonds is 2. The number of thioether (sulfide) groups is 1. The molecule has 0 aliphatic carbocycles. The zero-order valence-corrected chi connectivity index (χ0v) is 9.25. The molecule has 1 aliphatic rings. The van der Waals surface area contributed by atoms with Gasteiger partial charge in [0.1, 0.15) is 11.2 Å². The van der Waals surface area contributed by atoms with E-state index in [1.54, 1.807) is 23.9 Å². The van der Waals surface area contributed by atoms with Crippen LogP contribution in [-0.2, 0) is 9.53 Å². The molecule has 1 aromatic rings. The summed E-state index contributed by atoms with van der Waals surface area (Å²) in [4.78, 5) is 10.7. The summed E-state index contributed by atoms with van der Waals surface area (Å²) < 4.78 is 10.5. The first-order chi connectivity index (χ1) is 7.25. The van der Waals surface area contributed by atoms with Gasteiger partial charge in [-0.05, 0) is 17.7 Å². The van der Waals surface area contributed by atoms with Gasteiger partial charge in [0.25, 0.3) is 0 Å². The van der Waals surface area contributed by atoms with Gasteiger partial charge in [0.15, 0.2) is 0 Å². The highest BCUT2D eigenvalue weighted by Crippen LogP contribution is 2.35. The highest BCUT2D eigenvalue weighted by atomic mass is 32.2. The monoisotopic (exact) mass is 224 g/mol. The second-order valence-corrected chi connectivity index (χ2v) is 4.41. The van der Waals surface area contributed by atoms with Crippen LogP contribution < -0.4 is 4.74 Å². The minimum absolute atomic E-state index is 0.136. The molecule has 0 N–H and O–H groups in total. The van der Waals surface area contributed by atoms with E-state index in [1.165, 1.54) is 6.92 Å². The van der Waals surface area contributed by atoms with Gasteiger partial charge in [0, 0.05) is 12.7 Å². The molecular weight excluding hydrogens is 212 g/mol. The lowest BCUT2D eigenvalue weighted by Gasteiger charge is -2.09. The maximum Gasteiger partial charge on any atom is 0.308 e. The Hall–Kier alpha value is -1.00. The van der Waals surface area contributed by atoms with Crippen molar-refractivity contribution < 1.29 is 14.3 Å². The molecule has 4 heteroatoms. The van der Waals surface area contributed by atoms with Crippen molar-refractivity contribution in [3.8, 4) is 5.75 Å². The van der Waals surface area contributed by atoms with Crippen LogP contribution in [0.4, 0.5) is 0 Å². The summed E-state index contributed by atoms with van der Waals surface area (Å²) in [5.74, 6) is 1.32. The fourth-order valence-electron chi connectivity index (χ4n) is 1.41. The molecule has 15 heavy (non-hydrogen) atoms. The summed E-state index contributed by atoms with van der Waals surface area (Å²) in [5.41, 5.74) is 1.25. The van der Waals surface area contributed by atoms with Crippen LogP contribution in [0.25, 0.3) is 0 Å². The van der Waals surface area contributed by atoms with Crippen LogP contribution in [0.1, 0.15) is 17.9 Å². The summed E-state index contributed by atoms with van der Waals surface area (Å²) in [7, 11) is 0. The molecule has 2 rings (SSSR count). The average Bonchev–Trinajstić information content (AvgIpc) is 2.71. The highest BCUT2D eigenvalue weighted by molar-refractivity contribution is 7.99. The van der Waals surface area contributed by atoms with E-state index in [0.717, 1.165) is 17.9 Å². The van der Waals surface area contributed by atoms with Gasteiger partial charge < -0.3 is 9.47 Å². The topological polar surface area (TPSA) is 35.5 Å². The quantitative estimate of drug-likeness (QED) is 0.570. The van der Waals surface area contributed by atoms with Crippen molar-refractivity contribution in [2.24, 2.45) is 0 Å². The van der Waals surface area contributed by atoms with Gasteiger partial charge in [-0.25, -0.2) is 0 Å². The average molecular weight is 224 g/mol. The number of ether oxygens (including phenoxy) is 2. The third-order valence-electron chi connectivity index (χ3n) is 2.04. The third-order valence-corrected chi connectivity index (χ3v) is 3.15. The molecule has 0 spiro atoms. The minimum Gasteiger partial charge on any atom is -0.427 e. The predicted octanol–water partition coefficient (Wildman–Crippen LogP) is 2.37. The van der Waals surface area contributed by atoms with Crippen molar-refractivity contribution in [3.63, 3.8) is 0 Å². The van der Waals surface area contributed by atoms with E-state index in [2.05, 4.69) is 0 Å². The largest absolute Gasteiger partial charge is 0.427 e. The summed E-state index contributed by atoms with van der Waals surface area (Å²) in [6.45, 7) is 2.20. The molecule has 0 radical (unpaired) electrons. The Kier molecular flexibility index (Phi) is 3.28. The maximum atomic E-state index is 10.7. The Morgan fingerprint density at radius 1 is 1.47 bits per heavy atom. The highest BCUT2D eigenvalue weighted by Gasteiger charge is 2.17. The van der Waals surface area contributed by atoms with Crippen molar-refractivity contribution in [2.45, 2.75) is 12.4 Å². The summed E-state index contributed by atoms with van der Waals surface area (Å²) in [6.07, 6.45) is 0. The molecule has 1 fully saturated rings. The van der Waals surface area contributed by atoms with Gasteiger partial charge in [-0.3, -0.25) is 4.79 Å². The van der Waals surface area contributed by atoms with Gasteiger partial charge in [-0.2, -0.15) is 0 Å². The lowest BCUT2D eigenvalue weighted by Crippen LogP contribution is -2.01. The standard InChI is InChI=1S/C11H12O3S/c1-8(12)14-10-4-2-9(3-5-10)11-13-6-7-15-11/h2-5,11H,6-7H2,1H3. The number of carbonyl (C=O) groups is 1. The number of esters is 1. The van der Waals surface area contributed by atoms with E-state index in [1.807, 2.05) is 12.1 Å². The molecule has 1 aromatic carbocycles. The Bertz CT molecular complexity index is 341. The zero-order valence-electron chi connectivity index (χ0n) is 8.43. The van der Waals surface area contributed by atoms with Crippen LogP contribution in [0.5, 0.6) is 5.75 Å². The normalized spacial score (nSPS) is 20.2. The molecule has 0 bridgehead atoms. The van der Waals surface area contributed by atoms with Gasteiger partial charge >= 0.3 is 5.97 Å². The fourth-order valence-corrected chi connectivity index (χ4v) is 2.36. The first-order valence-electron chi connectivity index (χ1n) is 4.77. The van der Waals surface area contributed by atoms with Gasteiger partial charge in [-0.15, -0.1) is 11.8 Å². The molecule has 3 nitrogen and oxygen atoms in total. The molecule has 0 saturated carbocycles. The first-order valence-corrected chi connectivity index (χ1v) is 5.82. The van der Waals surface area contributed by atoms with Crippen molar-refractivity contribution in [2.75, 3.05) is 12.4 Å². The Labute approximate surface area is 92.8 Å². The van der Waals surface area contributed by atoms with Gasteiger partial charge in [0.2, 0.25) is 0 Å². The van der Waals surface area contributed by atoms with Crippen LogP contribution in [-0.4, -0.2) is 18.3 Å². The minimum atomic E-state index is -0.297. The molecule has 80 valence electrons. The van der Waals surface area contributed by atoms with Crippen LogP contribution in [0.2, 0.25) is 0 Å². The number of hydrogen-bond donors (Lipinski definition) is 0. The summed E-state index contributed by atoms with van der Waals surface area (Å²) in [5, 5.41) is 0. The number of carbonyl (C=O) groups excluding carboxylic acids is 1. The summed E-state index contributed by atoms with van der Waals surface area (Å²) >= 11 is 1.79. The molecular formula is C11H12O3S. The van der Waals surface area contributed by atoms with E-state index in [4.69, 9.17) is 9.47 Å². The van der Waals surface area contributed by atoms with Crippen molar-refractivity contribution in [3.05, 3.63) is 29.8 Å². The SMILES string of the molecule is CC(=O)Oc1ccc(C2OCCS2)cc1. The first kappa shape index (κ1) is 10.5. The lowest BCUT2D eigenvalue weighted by molar-refractivity contribution is -0.131. The van der Waals surface area contributed by atoms with E-state index >= 15 is 0 Å². The molecule has 1 heterocycles. The maximum absolute atomic E-state index is 10.7. The second-order valence-electron chi connectivity index (χ2n) is 3.24. The van der Waals surface area contributed by atoms with Gasteiger partial charge in [-0.1, -0.05) is 12.1 Å².